The molecule has 0 aromatic heterocycles. The first kappa shape index (κ1) is 13.1. The number of likely N-dealkylation sites (N-methyl/N-ethyl adjacent to an activating group) is 1. The van der Waals surface area contributed by atoms with E-state index < -0.39 is 6.10 Å². The number of nitrogens with two attached hydrogens (primary N) is 1. The van der Waals surface area contributed by atoms with Gasteiger partial charge in [-0.15, -0.1) is 0 Å². The van der Waals surface area contributed by atoms with Gasteiger partial charge in [-0.2, -0.15) is 0 Å². The molecular formula is C10H20N2O2. The van der Waals surface area contributed by atoms with Gasteiger partial charge in [0.25, 0.3) is 5.91 Å². The van der Waals surface area contributed by atoms with Crippen LogP contribution < -0.4 is 5.73 Å². The molecule has 4 heteroatoms. The van der Waals surface area contributed by atoms with Crippen molar-refractivity contribution in [1.82, 2.24) is 4.90 Å². The van der Waals surface area contributed by atoms with Crippen LogP contribution in [0.15, 0.2) is 12.2 Å². The summed E-state index contributed by atoms with van der Waals surface area (Å²) in [4.78, 5) is 13.4. The van der Waals surface area contributed by atoms with E-state index in [-0.39, 0.29) is 12.5 Å². The third kappa shape index (κ3) is 3.89. The van der Waals surface area contributed by atoms with E-state index in [2.05, 4.69) is 6.58 Å². The third-order valence-corrected chi connectivity index (χ3v) is 1.93. The van der Waals surface area contributed by atoms with Crippen LogP contribution >= 0.6 is 0 Å². The largest absolute Gasteiger partial charge is 0.370 e. The lowest BCUT2D eigenvalue weighted by molar-refractivity contribution is -0.140. The molecule has 14 heavy (non-hydrogen) atoms. The molecule has 2 N–H and O–H groups in total. The van der Waals surface area contributed by atoms with Gasteiger partial charge < -0.3 is 15.4 Å². The van der Waals surface area contributed by atoms with Gasteiger partial charge in [-0.05, 0) is 13.8 Å². The number of hydrogen-bond acceptors (Lipinski definition) is 3. The minimum atomic E-state index is -0.533. The zero-order valence-corrected chi connectivity index (χ0v) is 9.25. The van der Waals surface area contributed by atoms with Gasteiger partial charge >= 0.3 is 0 Å². The van der Waals surface area contributed by atoms with Gasteiger partial charge in [0.1, 0.15) is 6.10 Å². The number of ether oxygens (including phenoxy) is 1. The molecule has 1 amide bonds. The Hall–Kier alpha value is -0.870. The minimum absolute atomic E-state index is 0.0690. The highest BCUT2D eigenvalue weighted by molar-refractivity contribution is 5.81. The standard InChI is InChI=1S/C10H20N2O2/c1-5-12(7-8(2)3)10(13)9(6-11)14-4/h9H,2,5-7,11H2,1,3-4H3. The molecule has 0 spiro atoms. The van der Waals surface area contributed by atoms with Crippen LogP contribution in [0.5, 0.6) is 0 Å². The van der Waals surface area contributed by atoms with Gasteiger partial charge in [0, 0.05) is 26.7 Å². The van der Waals surface area contributed by atoms with Crippen molar-refractivity contribution in [2.45, 2.75) is 20.0 Å². The fraction of sp³-hybridized carbons (Fsp3) is 0.700. The Balaban J connectivity index is 4.35. The normalized spacial score (nSPS) is 12.3. The van der Waals surface area contributed by atoms with Crippen LogP contribution in [0.2, 0.25) is 0 Å². The van der Waals surface area contributed by atoms with Crippen molar-refractivity contribution < 1.29 is 9.53 Å². The van der Waals surface area contributed by atoms with Gasteiger partial charge in [-0.25, -0.2) is 0 Å². The number of amides is 1. The molecule has 0 saturated carbocycles. The summed E-state index contributed by atoms with van der Waals surface area (Å²) in [5.41, 5.74) is 6.36. The molecule has 4 nitrogen and oxygen atoms in total. The summed E-state index contributed by atoms with van der Waals surface area (Å²) in [6.45, 7) is 9.00. The first-order chi connectivity index (χ1) is 6.56. The smallest absolute Gasteiger partial charge is 0.253 e. The summed E-state index contributed by atoms with van der Waals surface area (Å²) in [5.74, 6) is -0.0690. The highest BCUT2D eigenvalue weighted by atomic mass is 16.5. The van der Waals surface area contributed by atoms with Crippen LogP contribution in [0.3, 0.4) is 0 Å². The van der Waals surface area contributed by atoms with Crippen LogP contribution in [0.4, 0.5) is 0 Å². The van der Waals surface area contributed by atoms with Gasteiger partial charge in [0.2, 0.25) is 0 Å². The lowest BCUT2D eigenvalue weighted by Crippen LogP contribution is -2.44. The van der Waals surface area contributed by atoms with E-state index in [0.717, 1.165) is 5.57 Å². The van der Waals surface area contributed by atoms with Gasteiger partial charge in [-0.3, -0.25) is 4.79 Å². The summed E-state index contributed by atoms with van der Waals surface area (Å²) >= 11 is 0. The Morgan fingerprint density at radius 1 is 1.64 bits per heavy atom. The van der Waals surface area contributed by atoms with Crippen molar-refractivity contribution in [3.63, 3.8) is 0 Å². The quantitative estimate of drug-likeness (QED) is 0.631. The highest BCUT2D eigenvalue weighted by Crippen LogP contribution is 2.01. The van der Waals surface area contributed by atoms with E-state index in [0.29, 0.717) is 13.1 Å². The number of nitrogens with zero attached hydrogens (tertiary/aromatic N) is 1. The monoisotopic (exact) mass is 200 g/mol. The predicted molar refractivity (Wildman–Crippen MR) is 56.9 cm³/mol. The number of methoxy groups -OCH3 is 1. The van der Waals surface area contributed by atoms with Crippen molar-refractivity contribution >= 4 is 5.91 Å². The second-order valence-corrected chi connectivity index (χ2v) is 3.27. The second kappa shape index (κ2) is 6.56. The molecular weight excluding hydrogens is 180 g/mol. The summed E-state index contributed by atoms with van der Waals surface area (Å²) in [6, 6.07) is 0. The number of hydrogen-bond donors (Lipinski definition) is 1. The topological polar surface area (TPSA) is 55.6 Å². The maximum absolute atomic E-state index is 11.8. The molecule has 0 heterocycles. The van der Waals surface area contributed by atoms with Gasteiger partial charge in [0.05, 0.1) is 0 Å². The summed E-state index contributed by atoms with van der Waals surface area (Å²) in [5, 5.41) is 0. The molecule has 0 bridgehead atoms. The third-order valence-electron chi connectivity index (χ3n) is 1.93. The summed E-state index contributed by atoms with van der Waals surface area (Å²) in [7, 11) is 1.49. The SMILES string of the molecule is C=C(C)CN(CC)C(=O)C(CN)OC. The van der Waals surface area contributed by atoms with Crippen LogP contribution in [0.1, 0.15) is 13.8 Å². The van der Waals surface area contributed by atoms with E-state index in [4.69, 9.17) is 10.5 Å². The molecule has 0 saturated heterocycles. The number of rotatable bonds is 6. The number of carbonyl (C=O) groups excluding carboxylic acids is 1. The maximum atomic E-state index is 11.8. The fourth-order valence-electron chi connectivity index (χ4n) is 1.17. The van der Waals surface area contributed by atoms with Gasteiger partial charge in [0.15, 0.2) is 0 Å². The average Bonchev–Trinajstić information content (AvgIpc) is 2.15. The van der Waals surface area contributed by atoms with E-state index in [1.807, 2.05) is 13.8 Å². The van der Waals surface area contributed by atoms with Crippen molar-refractivity contribution in [2.24, 2.45) is 5.73 Å². The van der Waals surface area contributed by atoms with Crippen molar-refractivity contribution in [2.75, 3.05) is 26.7 Å². The lowest BCUT2D eigenvalue weighted by Gasteiger charge is -2.24. The maximum Gasteiger partial charge on any atom is 0.253 e. The molecule has 82 valence electrons. The Morgan fingerprint density at radius 2 is 2.21 bits per heavy atom. The molecule has 0 aromatic carbocycles. The van der Waals surface area contributed by atoms with Crippen LogP contribution in [-0.4, -0.2) is 43.7 Å². The average molecular weight is 200 g/mol. The van der Waals surface area contributed by atoms with Crippen molar-refractivity contribution in [3.05, 3.63) is 12.2 Å². The first-order valence-electron chi connectivity index (χ1n) is 4.72. The van der Waals surface area contributed by atoms with Gasteiger partial charge in [-0.1, -0.05) is 12.2 Å². The molecule has 0 aliphatic heterocycles. The van der Waals surface area contributed by atoms with Crippen LogP contribution in [-0.2, 0) is 9.53 Å². The fourth-order valence-corrected chi connectivity index (χ4v) is 1.17. The highest BCUT2D eigenvalue weighted by Gasteiger charge is 2.21. The molecule has 1 atom stereocenters. The van der Waals surface area contributed by atoms with E-state index in [1.165, 1.54) is 7.11 Å². The van der Waals surface area contributed by atoms with E-state index >= 15 is 0 Å². The Kier molecular flexibility index (Phi) is 6.16. The molecule has 1 unspecified atom stereocenters. The minimum Gasteiger partial charge on any atom is -0.370 e. The zero-order valence-electron chi connectivity index (χ0n) is 9.25. The molecule has 0 aliphatic carbocycles. The Labute approximate surface area is 85.7 Å². The van der Waals surface area contributed by atoms with E-state index in [9.17, 15) is 4.79 Å². The van der Waals surface area contributed by atoms with Crippen LogP contribution in [0.25, 0.3) is 0 Å². The molecule has 0 rings (SSSR count). The predicted octanol–water partition coefficient (Wildman–Crippen LogP) is 0.385. The van der Waals surface area contributed by atoms with Crippen molar-refractivity contribution in [1.29, 1.82) is 0 Å². The molecule has 0 aliphatic rings. The molecule has 0 radical (unpaired) electrons. The number of carbonyl (C=O) groups is 1. The molecule has 0 fully saturated rings. The summed E-state index contributed by atoms with van der Waals surface area (Å²) in [6.07, 6.45) is -0.533. The van der Waals surface area contributed by atoms with E-state index in [1.54, 1.807) is 4.90 Å². The summed E-state index contributed by atoms with van der Waals surface area (Å²) < 4.78 is 4.98. The first-order valence-corrected chi connectivity index (χ1v) is 4.72. The Morgan fingerprint density at radius 3 is 2.50 bits per heavy atom. The van der Waals surface area contributed by atoms with Crippen LogP contribution in [0, 0.1) is 0 Å². The zero-order chi connectivity index (χ0) is 11.1. The van der Waals surface area contributed by atoms with Crippen molar-refractivity contribution in [3.8, 4) is 0 Å². The lowest BCUT2D eigenvalue weighted by atomic mass is 10.2. The molecule has 0 aromatic rings. The second-order valence-electron chi connectivity index (χ2n) is 3.27. The Bertz CT molecular complexity index is 200.